The number of carbonyl (C=O) groups is 2. The number of ketones is 1. The van der Waals surface area contributed by atoms with Gasteiger partial charge in [0.15, 0.2) is 12.4 Å². The summed E-state index contributed by atoms with van der Waals surface area (Å²) in [4.78, 5) is 23.6. The van der Waals surface area contributed by atoms with Crippen LogP contribution in [0, 0.1) is 5.92 Å². The smallest absolute Gasteiger partial charge is 0.258 e. The van der Waals surface area contributed by atoms with Crippen molar-refractivity contribution in [3.05, 3.63) is 28.8 Å². The highest BCUT2D eigenvalue weighted by molar-refractivity contribution is 6.31. The Kier molecular flexibility index (Phi) is 5.83. The highest BCUT2D eigenvalue weighted by atomic mass is 35.5. The lowest BCUT2D eigenvalue weighted by molar-refractivity contribution is -0.124. The van der Waals surface area contributed by atoms with Crippen LogP contribution in [0.1, 0.15) is 49.9 Å². The van der Waals surface area contributed by atoms with Crippen LogP contribution >= 0.6 is 11.6 Å². The van der Waals surface area contributed by atoms with Gasteiger partial charge in [0.1, 0.15) is 5.75 Å². The molecule has 1 aliphatic carbocycles. The molecule has 0 bridgehead atoms. The minimum atomic E-state index is -0.150. The maximum absolute atomic E-state index is 12.0. The lowest BCUT2D eigenvalue weighted by Gasteiger charge is -2.29. The Bertz CT molecular complexity index is 559. The van der Waals surface area contributed by atoms with Crippen LogP contribution in [0.5, 0.6) is 5.75 Å². The lowest BCUT2D eigenvalue weighted by atomic mass is 9.86. The van der Waals surface area contributed by atoms with E-state index in [1.807, 2.05) is 0 Å². The van der Waals surface area contributed by atoms with Gasteiger partial charge < -0.3 is 10.1 Å². The highest BCUT2D eigenvalue weighted by Gasteiger charge is 2.23. The molecule has 1 aromatic carbocycles. The third kappa shape index (κ3) is 4.47. The number of Topliss-reactive ketones (excluding diaryl/α,β-unsaturated/α-hetero) is 1. The first-order valence-electron chi connectivity index (χ1n) is 7.70. The molecule has 1 aromatic rings. The number of rotatable bonds is 5. The fraction of sp³-hybridized carbons (Fsp3) is 0.529. The van der Waals surface area contributed by atoms with Crippen LogP contribution in [0.4, 0.5) is 0 Å². The number of ether oxygens (including phenoxy) is 1. The van der Waals surface area contributed by atoms with E-state index in [1.165, 1.54) is 13.3 Å². The zero-order valence-corrected chi connectivity index (χ0v) is 13.8. The largest absolute Gasteiger partial charge is 0.483 e. The molecule has 2 rings (SSSR count). The summed E-state index contributed by atoms with van der Waals surface area (Å²) in [5.41, 5.74) is 0.395. The van der Waals surface area contributed by atoms with Crippen molar-refractivity contribution in [3.8, 4) is 5.75 Å². The fourth-order valence-corrected chi connectivity index (χ4v) is 3.00. The Morgan fingerprint density at radius 2 is 2.05 bits per heavy atom. The van der Waals surface area contributed by atoms with Crippen molar-refractivity contribution < 1.29 is 14.3 Å². The summed E-state index contributed by atoms with van der Waals surface area (Å²) in [7, 11) is 0. The molecule has 22 heavy (non-hydrogen) atoms. The van der Waals surface area contributed by atoms with E-state index in [0.29, 0.717) is 22.3 Å². The highest BCUT2D eigenvalue weighted by Crippen LogP contribution is 2.25. The minimum Gasteiger partial charge on any atom is -0.483 e. The molecule has 0 unspecified atom stereocenters. The molecule has 120 valence electrons. The normalized spacial score (nSPS) is 21.2. The van der Waals surface area contributed by atoms with Gasteiger partial charge in [-0.05, 0) is 43.9 Å². The Hall–Kier alpha value is -1.55. The number of hydrogen-bond donors (Lipinski definition) is 1. The molecule has 0 radical (unpaired) electrons. The Morgan fingerprint density at radius 1 is 1.32 bits per heavy atom. The van der Waals surface area contributed by atoms with Gasteiger partial charge >= 0.3 is 0 Å². The maximum atomic E-state index is 12.0. The summed E-state index contributed by atoms with van der Waals surface area (Å²) in [5.74, 6) is 0.603. The quantitative estimate of drug-likeness (QED) is 0.842. The molecular weight excluding hydrogens is 302 g/mol. The summed E-state index contributed by atoms with van der Waals surface area (Å²) < 4.78 is 5.50. The molecular formula is C17H22ClNO3. The van der Waals surface area contributed by atoms with E-state index in [2.05, 4.69) is 12.2 Å². The first-order chi connectivity index (χ1) is 10.5. The van der Waals surface area contributed by atoms with Gasteiger partial charge in [-0.25, -0.2) is 0 Å². The van der Waals surface area contributed by atoms with Crippen molar-refractivity contribution in [3.63, 3.8) is 0 Å². The summed E-state index contributed by atoms with van der Waals surface area (Å²) >= 11 is 5.88. The molecule has 1 aliphatic rings. The van der Waals surface area contributed by atoms with Crippen LogP contribution in [0.25, 0.3) is 0 Å². The lowest BCUT2D eigenvalue weighted by Crippen LogP contribution is -2.43. The Labute approximate surface area is 136 Å². The monoisotopic (exact) mass is 323 g/mol. The average molecular weight is 324 g/mol. The molecule has 1 fully saturated rings. The van der Waals surface area contributed by atoms with Crippen LogP contribution in [0.2, 0.25) is 5.02 Å². The number of nitrogens with one attached hydrogen (secondary N) is 1. The van der Waals surface area contributed by atoms with Gasteiger partial charge in [-0.15, -0.1) is 0 Å². The van der Waals surface area contributed by atoms with Crippen LogP contribution in [0.15, 0.2) is 18.2 Å². The van der Waals surface area contributed by atoms with E-state index in [1.54, 1.807) is 18.2 Å². The third-order valence-electron chi connectivity index (χ3n) is 4.14. The van der Waals surface area contributed by atoms with Gasteiger partial charge in [0.25, 0.3) is 5.91 Å². The van der Waals surface area contributed by atoms with Crippen LogP contribution < -0.4 is 10.1 Å². The van der Waals surface area contributed by atoms with E-state index in [-0.39, 0.29) is 24.3 Å². The van der Waals surface area contributed by atoms with E-state index in [9.17, 15) is 9.59 Å². The zero-order valence-electron chi connectivity index (χ0n) is 13.0. The van der Waals surface area contributed by atoms with E-state index < -0.39 is 0 Å². The number of carbonyl (C=O) groups excluding carboxylic acids is 2. The maximum Gasteiger partial charge on any atom is 0.258 e. The molecule has 2 atom stereocenters. The summed E-state index contributed by atoms with van der Waals surface area (Å²) in [6.45, 7) is 3.52. The average Bonchev–Trinajstić information content (AvgIpc) is 2.48. The Morgan fingerprint density at radius 3 is 2.73 bits per heavy atom. The predicted octanol–water partition coefficient (Wildman–Crippen LogP) is 3.62. The summed E-state index contributed by atoms with van der Waals surface area (Å²) in [6, 6.07) is 5.04. The van der Waals surface area contributed by atoms with Gasteiger partial charge in [-0.1, -0.05) is 31.4 Å². The standard InChI is InChI=1S/C17H22ClNO3/c1-11-5-3-4-6-15(11)19-17(21)10-22-16-8-7-13(18)9-14(16)12(2)20/h7-9,11,15H,3-6,10H2,1-2H3,(H,19,21)/t11-,15-/m0/s1. The third-order valence-corrected chi connectivity index (χ3v) is 4.37. The van der Waals surface area contributed by atoms with Crippen LogP contribution in [0.3, 0.4) is 0 Å². The number of halogens is 1. The van der Waals surface area contributed by atoms with Crippen molar-refractivity contribution in [2.45, 2.75) is 45.6 Å². The molecule has 0 aromatic heterocycles. The second kappa shape index (κ2) is 7.63. The summed E-state index contributed by atoms with van der Waals surface area (Å²) in [6.07, 6.45) is 4.56. The molecule has 5 heteroatoms. The van der Waals surface area contributed by atoms with Gasteiger partial charge in [-0.3, -0.25) is 9.59 Å². The number of hydrogen-bond acceptors (Lipinski definition) is 3. The second-order valence-electron chi connectivity index (χ2n) is 5.92. The van der Waals surface area contributed by atoms with Crippen molar-refractivity contribution in [2.75, 3.05) is 6.61 Å². The van der Waals surface area contributed by atoms with Crippen LogP contribution in [-0.2, 0) is 4.79 Å². The SMILES string of the molecule is CC(=O)c1cc(Cl)ccc1OCC(=O)N[C@H]1CCCC[C@@H]1C. The van der Waals surface area contributed by atoms with Crippen molar-refractivity contribution >= 4 is 23.3 Å². The molecule has 1 saturated carbocycles. The summed E-state index contributed by atoms with van der Waals surface area (Å²) in [5, 5.41) is 3.49. The molecule has 0 saturated heterocycles. The Balaban J connectivity index is 1.92. The minimum absolute atomic E-state index is 0.0921. The van der Waals surface area contributed by atoms with Crippen molar-refractivity contribution in [1.82, 2.24) is 5.32 Å². The number of benzene rings is 1. The topological polar surface area (TPSA) is 55.4 Å². The fourth-order valence-electron chi connectivity index (χ4n) is 2.83. The first kappa shape index (κ1) is 16.8. The van der Waals surface area contributed by atoms with Crippen molar-refractivity contribution in [2.24, 2.45) is 5.92 Å². The molecule has 1 amide bonds. The van der Waals surface area contributed by atoms with E-state index in [0.717, 1.165) is 19.3 Å². The molecule has 1 N–H and O–H groups in total. The molecule has 0 heterocycles. The van der Waals surface area contributed by atoms with E-state index in [4.69, 9.17) is 16.3 Å². The van der Waals surface area contributed by atoms with Gasteiger partial charge in [0, 0.05) is 11.1 Å². The zero-order chi connectivity index (χ0) is 16.1. The van der Waals surface area contributed by atoms with Gasteiger partial charge in [0.05, 0.1) is 5.56 Å². The van der Waals surface area contributed by atoms with Gasteiger partial charge in [0.2, 0.25) is 0 Å². The molecule has 4 nitrogen and oxygen atoms in total. The number of amides is 1. The van der Waals surface area contributed by atoms with Crippen LogP contribution in [-0.4, -0.2) is 24.3 Å². The van der Waals surface area contributed by atoms with Crippen molar-refractivity contribution in [1.29, 1.82) is 0 Å². The predicted molar refractivity (Wildman–Crippen MR) is 86.5 cm³/mol. The van der Waals surface area contributed by atoms with E-state index >= 15 is 0 Å². The first-order valence-corrected chi connectivity index (χ1v) is 8.08. The van der Waals surface area contributed by atoms with Gasteiger partial charge in [-0.2, -0.15) is 0 Å². The molecule has 0 spiro atoms. The molecule has 0 aliphatic heterocycles. The second-order valence-corrected chi connectivity index (χ2v) is 6.36.